The second-order valence-electron chi connectivity index (χ2n) is 5.35. The molecule has 0 unspecified atom stereocenters. The van der Waals surface area contributed by atoms with Crippen molar-refractivity contribution in [3.63, 3.8) is 0 Å². The summed E-state index contributed by atoms with van der Waals surface area (Å²) in [6, 6.07) is 8.85. The first-order valence-corrected chi connectivity index (χ1v) is 7.61. The number of piperazine rings is 1. The van der Waals surface area contributed by atoms with E-state index in [9.17, 15) is 9.70 Å². The van der Waals surface area contributed by atoms with Crippen LogP contribution >= 0.6 is 0 Å². The minimum atomic E-state index is -0.514. The van der Waals surface area contributed by atoms with Crippen molar-refractivity contribution in [1.82, 2.24) is 14.9 Å². The molecule has 1 aliphatic heterocycles. The average Bonchev–Trinajstić information content (AvgIpc) is 2.64. The Morgan fingerprint density at radius 3 is 2.50 bits per heavy atom. The molecule has 3 rings (SSSR count). The van der Waals surface area contributed by atoms with Gasteiger partial charge < -0.3 is 9.64 Å². The van der Waals surface area contributed by atoms with E-state index in [0.717, 1.165) is 31.9 Å². The van der Waals surface area contributed by atoms with Crippen molar-refractivity contribution in [2.45, 2.75) is 0 Å². The molecular formula is C16H17N5O3. The Bertz CT molecular complexity index is 685. The largest absolute Gasteiger partial charge is 0.422 e. The number of ether oxygens (including phenoxy) is 1. The first-order chi connectivity index (χ1) is 11.8. The lowest BCUT2D eigenvalue weighted by Crippen LogP contribution is -2.46. The van der Waals surface area contributed by atoms with Crippen LogP contribution in [-0.4, -0.2) is 53.7 Å². The highest BCUT2D eigenvalue weighted by Gasteiger charge is 2.17. The first kappa shape index (κ1) is 16.0. The van der Waals surface area contributed by atoms with Gasteiger partial charge in [-0.3, -0.25) is 4.90 Å². The molecule has 1 saturated heterocycles. The number of carbonyl (C=O) groups is 1. The molecule has 8 heteroatoms. The lowest BCUT2D eigenvalue weighted by molar-refractivity contribution is 0.0728. The van der Waals surface area contributed by atoms with Crippen molar-refractivity contribution in [3.8, 4) is 5.75 Å². The van der Waals surface area contributed by atoms with E-state index in [-0.39, 0.29) is 12.4 Å². The van der Waals surface area contributed by atoms with Crippen LogP contribution in [0.5, 0.6) is 5.75 Å². The van der Waals surface area contributed by atoms with Crippen molar-refractivity contribution in [1.29, 1.82) is 0 Å². The molecule has 124 valence electrons. The zero-order chi connectivity index (χ0) is 16.8. The standard InChI is InChI=1S/C16H17N5O3/c22-16(15-5-6-17-11-18-15)24-14-3-1-13(2-4-14)21-9-7-20(8-10-21)12-19-23/h1-6,11H,7-10,12H2. The van der Waals surface area contributed by atoms with Crippen LogP contribution in [-0.2, 0) is 0 Å². The molecule has 8 nitrogen and oxygen atoms in total. The summed E-state index contributed by atoms with van der Waals surface area (Å²) in [4.78, 5) is 34.1. The van der Waals surface area contributed by atoms with E-state index >= 15 is 0 Å². The van der Waals surface area contributed by atoms with E-state index in [1.165, 1.54) is 18.6 Å². The molecule has 1 aromatic carbocycles. The number of hydrogen-bond donors (Lipinski definition) is 0. The fourth-order valence-corrected chi connectivity index (χ4v) is 2.52. The molecule has 24 heavy (non-hydrogen) atoms. The topological polar surface area (TPSA) is 88.0 Å². The fraction of sp³-hybridized carbons (Fsp3) is 0.312. The highest BCUT2D eigenvalue weighted by molar-refractivity contribution is 5.88. The quantitative estimate of drug-likeness (QED) is 0.467. The summed E-state index contributed by atoms with van der Waals surface area (Å²) in [5.41, 5.74) is 1.27. The number of anilines is 1. The number of nitrogens with zero attached hydrogens (tertiary/aromatic N) is 5. The molecule has 2 aromatic rings. The average molecular weight is 327 g/mol. The molecule has 0 saturated carbocycles. The number of carbonyl (C=O) groups excluding carboxylic acids is 1. The molecule has 1 fully saturated rings. The SMILES string of the molecule is O=NCN1CCN(c2ccc(OC(=O)c3ccncn3)cc2)CC1. The molecule has 1 aliphatic rings. The predicted octanol–water partition coefficient (Wildman–Crippen LogP) is 1.54. The van der Waals surface area contributed by atoms with Crippen molar-refractivity contribution >= 4 is 11.7 Å². The lowest BCUT2D eigenvalue weighted by Gasteiger charge is -2.34. The molecule has 0 radical (unpaired) electrons. The summed E-state index contributed by atoms with van der Waals surface area (Å²) in [6.07, 6.45) is 2.80. The summed E-state index contributed by atoms with van der Waals surface area (Å²) < 4.78 is 5.29. The van der Waals surface area contributed by atoms with Gasteiger partial charge in [0.2, 0.25) is 0 Å². The maximum atomic E-state index is 11.9. The zero-order valence-corrected chi connectivity index (χ0v) is 13.0. The van der Waals surface area contributed by atoms with Gasteiger partial charge in [0.05, 0.1) is 0 Å². The number of benzene rings is 1. The number of aromatic nitrogens is 2. The van der Waals surface area contributed by atoms with Crippen molar-refractivity contribution < 1.29 is 9.53 Å². The zero-order valence-electron chi connectivity index (χ0n) is 13.0. The first-order valence-electron chi connectivity index (χ1n) is 7.61. The van der Waals surface area contributed by atoms with Crippen molar-refractivity contribution in [2.24, 2.45) is 5.18 Å². The summed E-state index contributed by atoms with van der Waals surface area (Å²) in [5, 5.41) is 2.92. The van der Waals surface area contributed by atoms with Crippen LogP contribution in [0, 0.1) is 4.91 Å². The molecule has 0 N–H and O–H groups in total. The molecular weight excluding hydrogens is 310 g/mol. The van der Waals surface area contributed by atoms with Crippen molar-refractivity contribution in [3.05, 3.63) is 53.5 Å². The second-order valence-corrected chi connectivity index (χ2v) is 5.35. The lowest BCUT2D eigenvalue weighted by atomic mass is 10.2. The third kappa shape index (κ3) is 3.90. The fourth-order valence-electron chi connectivity index (χ4n) is 2.52. The highest BCUT2D eigenvalue weighted by Crippen LogP contribution is 2.21. The van der Waals surface area contributed by atoms with Gasteiger partial charge in [0, 0.05) is 38.1 Å². The monoisotopic (exact) mass is 327 g/mol. The number of nitroso groups, excluding NO2 is 1. The van der Waals surface area contributed by atoms with E-state index in [1.807, 2.05) is 17.0 Å². The van der Waals surface area contributed by atoms with E-state index in [2.05, 4.69) is 20.0 Å². The number of esters is 1. The summed E-state index contributed by atoms with van der Waals surface area (Å²) in [6.45, 7) is 3.50. The maximum Gasteiger partial charge on any atom is 0.362 e. The van der Waals surface area contributed by atoms with Crippen LogP contribution < -0.4 is 9.64 Å². The molecule has 2 heterocycles. The Kier molecular flexibility index (Phi) is 5.07. The van der Waals surface area contributed by atoms with Crippen LogP contribution in [0.15, 0.2) is 48.0 Å². The molecule has 0 amide bonds. The van der Waals surface area contributed by atoms with Gasteiger partial charge in [0.25, 0.3) is 0 Å². The second kappa shape index (κ2) is 7.60. The van der Waals surface area contributed by atoms with Gasteiger partial charge >= 0.3 is 5.97 Å². The van der Waals surface area contributed by atoms with Gasteiger partial charge in [-0.25, -0.2) is 14.8 Å². The third-order valence-electron chi connectivity index (χ3n) is 3.83. The van der Waals surface area contributed by atoms with E-state index in [4.69, 9.17) is 4.74 Å². The minimum absolute atomic E-state index is 0.217. The predicted molar refractivity (Wildman–Crippen MR) is 87.9 cm³/mol. The summed E-state index contributed by atoms with van der Waals surface area (Å²) in [7, 11) is 0. The van der Waals surface area contributed by atoms with Gasteiger partial charge in [-0.1, -0.05) is 5.18 Å². The minimum Gasteiger partial charge on any atom is -0.422 e. The van der Waals surface area contributed by atoms with Crippen LogP contribution in [0.3, 0.4) is 0 Å². The van der Waals surface area contributed by atoms with Crippen molar-refractivity contribution in [2.75, 3.05) is 37.7 Å². The summed E-state index contributed by atoms with van der Waals surface area (Å²) in [5.74, 6) is -0.0497. The van der Waals surface area contributed by atoms with Gasteiger partial charge in [0.15, 0.2) is 5.69 Å². The van der Waals surface area contributed by atoms with E-state index in [1.54, 1.807) is 12.1 Å². The smallest absolute Gasteiger partial charge is 0.362 e. The molecule has 0 spiro atoms. The van der Waals surface area contributed by atoms with Crippen LogP contribution in [0.1, 0.15) is 10.5 Å². The Morgan fingerprint density at radius 2 is 1.88 bits per heavy atom. The Hall–Kier alpha value is -2.87. The number of hydrogen-bond acceptors (Lipinski definition) is 8. The molecule has 0 aliphatic carbocycles. The Labute approximate surface area is 139 Å². The Balaban J connectivity index is 1.58. The van der Waals surface area contributed by atoms with Gasteiger partial charge in [0.1, 0.15) is 18.7 Å². The van der Waals surface area contributed by atoms with Crippen LogP contribution in [0.2, 0.25) is 0 Å². The third-order valence-corrected chi connectivity index (χ3v) is 3.83. The normalized spacial score (nSPS) is 15.1. The van der Waals surface area contributed by atoms with Gasteiger partial charge in [-0.05, 0) is 30.3 Å². The highest BCUT2D eigenvalue weighted by atomic mass is 16.5. The molecule has 0 bridgehead atoms. The van der Waals surface area contributed by atoms with E-state index < -0.39 is 5.97 Å². The Morgan fingerprint density at radius 1 is 1.12 bits per heavy atom. The molecule has 1 aromatic heterocycles. The summed E-state index contributed by atoms with van der Waals surface area (Å²) >= 11 is 0. The molecule has 0 atom stereocenters. The van der Waals surface area contributed by atoms with E-state index in [0.29, 0.717) is 5.75 Å². The number of rotatable bonds is 5. The maximum absolute atomic E-state index is 11.9. The van der Waals surface area contributed by atoms with Gasteiger partial charge in [-0.2, -0.15) is 0 Å². The van der Waals surface area contributed by atoms with Crippen LogP contribution in [0.4, 0.5) is 5.69 Å². The van der Waals surface area contributed by atoms with Gasteiger partial charge in [-0.15, -0.1) is 4.91 Å². The van der Waals surface area contributed by atoms with Crippen LogP contribution in [0.25, 0.3) is 0 Å².